The Hall–Kier alpha value is -1.69. The lowest BCUT2D eigenvalue weighted by molar-refractivity contribution is -0.135. The molecule has 3 nitrogen and oxygen atoms in total. The van der Waals surface area contributed by atoms with Crippen LogP contribution in [0.4, 0.5) is 13.2 Å². The normalized spacial score (nSPS) is 13.7. The maximum Gasteiger partial charge on any atom is 0.389 e. The highest BCUT2D eigenvalue weighted by atomic mass is 19.4. The fourth-order valence-corrected chi connectivity index (χ4v) is 1.99. The fraction of sp³-hybridized carbons (Fsp3) is 0.385. The van der Waals surface area contributed by atoms with E-state index in [0.29, 0.717) is 11.0 Å². The molecule has 0 aliphatic rings. The number of fused-ring (bicyclic) bond motifs is 1. The molecule has 0 saturated carbocycles. The van der Waals surface area contributed by atoms with E-state index in [1.165, 1.54) is 0 Å². The molecule has 1 unspecified atom stereocenters. The second-order valence-corrected chi connectivity index (χ2v) is 4.39. The van der Waals surface area contributed by atoms with Gasteiger partial charge in [-0.2, -0.15) is 13.2 Å². The van der Waals surface area contributed by atoms with Gasteiger partial charge in [0.1, 0.15) is 0 Å². The van der Waals surface area contributed by atoms with Gasteiger partial charge in [-0.1, -0.05) is 12.1 Å². The Morgan fingerprint density at radius 3 is 2.63 bits per heavy atom. The van der Waals surface area contributed by atoms with Crippen molar-refractivity contribution in [3.8, 4) is 0 Å². The molecule has 0 bridgehead atoms. The lowest BCUT2D eigenvalue weighted by Gasteiger charge is -2.14. The first-order valence-electron chi connectivity index (χ1n) is 5.99. The van der Waals surface area contributed by atoms with Crippen molar-refractivity contribution >= 4 is 11.0 Å². The van der Waals surface area contributed by atoms with Crippen molar-refractivity contribution in [2.45, 2.75) is 31.5 Å². The van der Waals surface area contributed by atoms with Crippen molar-refractivity contribution in [3.05, 3.63) is 36.2 Å². The van der Waals surface area contributed by atoms with Crippen LogP contribution in [0.1, 0.15) is 30.9 Å². The van der Waals surface area contributed by atoms with E-state index in [9.17, 15) is 13.2 Å². The number of para-hydroxylation sites is 1. The quantitative estimate of drug-likeness (QED) is 0.925. The minimum Gasteiger partial charge on any atom is -0.324 e. The molecule has 0 spiro atoms. The van der Waals surface area contributed by atoms with Gasteiger partial charge in [0.05, 0.1) is 11.0 Å². The summed E-state index contributed by atoms with van der Waals surface area (Å²) in [6.45, 7) is 0. The Labute approximate surface area is 108 Å². The van der Waals surface area contributed by atoms with E-state index in [1.807, 2.05) is 0 Å². The van der Waals surface area contributed by atoms with Gasteiger partial charge in [-0.25, -0.2) is 0 Å². The highest BCUT2D eigenvalue weighted by molar-refractivity contribution is 5.77. The van der Waals surface area contributed by atoms with Crippen LogP contribution >= 0.6 is 0 Å². The second-order valence-electron chi connectivity index (χ2n) is 4.39. The fourth-order valence-electron chi connectivity index (χ4n) is 1.99. The summed E-state index contributed by atoms with van der Waals surface area (Å²) in [6.07, 6.45) is -1.53. The molecule has 6 heteroatoms. The first-order chi connectivity index (χ1) is 8.97. The summed E-state index contributed by atoms with van der Waals surface area (Å²) in [4.78, 5) is 8.34. The Bertz CT molecular complexity index is 549. The number of rotatable bonds is 4. The van der Waals surface area contributed by atoms with Crippen molar-refractivity contribution in [2.75, 3.05) is 0 Å². The summed E-state index contributed by atoms with van der Waals surface area (Å²) in [5.41, 5.74) is 8.06. The number of benzene rings is 1. The zero-order chi connectivity index (χ0) is 13.9. The summed E-state index contributed by atoms with van der Waals surface area (Å²) in [7, 11) is 0. The summed E-state index contributed by atoms with van der Waals surface area (Å²) in [5.74, 6) is 0. The zero-order valence-electron chi connectivity index (χ0n) is 10.2. The molecule has 0 aliphatic carbocycles. The van der Waals surface area contributed by atoms with Crippen molar-refractivity contribution in [3.63, 3.8) is 0 Å². The van der Waals surface area contributed by atoms with Gasteiger partial charge in [-0.15, -0.1) is 0 Å². The first kappa shape index (κ1) is 13.7. The van der Waals surface area contributed by atoms with E-state index in [2.05, 4.69) is 9.97 Å². The van der Waals surface area contributed by atoms with Crippen LogP contribution in [0, 0.1) is 0 Å². The van der Waals surface area contributed by atoms with Crippen LogP contribution in [0.2, 0.25) is 0 Å². The molecule has 0 fully saturated rings. The average Bonchev–Trinajstić information content (AvgIpc) is 2.36. The van der Waals surface area contributed by atoms with Crippen LogP contribution in [0.5, 0.6) is 0 Å². The molecule has 1 aromatic carbocycles. The summed E-state index contributed by atoms with van der Waals surface area (Å²) in [5, 5.41) is 0. The van der Waals surface area contributed by atoms with Crippen LogP contribution in [-0.4, -0.2) is 16.1 Å². The molecule has 0 amide bonds. The van der Waals surface area contributed by atoms with Crippen LogP contribution in [0.15, 0.2) is 30.6 Å². The first-order valence-corrected chi connectivity index (χ1v) is 5.99. The highest BCUT2D eigenvalue weighted by Crippen LogP contribution is 2.27. The van der Waals surface area contributed by atoms with Gasteiger partial charge in [0, 0.05) is 24.9 Å². The van der Waals surface area contributed by atoms with E-state index in [1.54, 1.807) is 30.6 Å². The van der Waals surface area contributed by atoms with Gasteiger partial charge in [-0.3, -0.25) is 9.97 Å². The van der Waals surface area contributed by atoms with E-state index in [-0.39, 0.29) is 12.8 Å². The lowest BCUT2D eigenvalue weighted by Crippen LogP contribution is -2.13. The maximum atomic E-state index is 12.1. The number of hydrogen-bond donors (Lipinski definition) is 1. The van der Waals surface area contributed by atoms with E-state index < -0.39 is 18.6 Å². The molecule has 2 rings (SSSR count). The largest absolute Gasteiger partial charge is 0.389 e. The smallest absolute Gasteiger partial charge is 0.324 e. The number of alkyl halides is 3. The minimum atomic E-state index is -4.13. The van der Waals surface area contributed by atoms with Crippen molar-refractivity contribution < 1.29 is 13.2 Å². The van der Waals surface area contributed by atoms with E-state index >= 15 is 0 Å². The number of hydrogen-bond acceptors (Lipinski definition) is 3. The number of nitrogens with two attached hydrogens (primary N) is 1. The third-order valence-electron chi connectivity index (χ3n) is 2.90. The van der Waals surface area contributed by atoms with E-state index in [4.69, 9.17) is 5.73 Å². The molecule has 1 atom stereocenters. The molecule has 0 aliphatic heterocycles. The highest BCUT2D eigenvalue weighted by Gasteiger charge is 2.26. The molecule has 1 aromatic heterocycles. The van der Waals surface area contributed by atoms with Gasteiger partial charge >= 0.3 is 6.18 Å². The number of nitrogens with zero attached hydrogens (tertiary/aromatic N) is 2. The molecule has 0 radical (unpaired) electrons. The molecule has 19 heavy (non-hydrogen) atoms. The zero-order valence-corrected chi connectivity index (χ0v) is 10.2. The molecular weight excluding hydrogens is 255 g/mol. The van der Waals surface area contributed by atoms with Gasteiger partial charge in [0.15, 0.2) is 0 Å². The maximum absolute atomic E-state index is 12.1. The Kier molecular flexibility index (Phi) is 3.99. The van der Waals surface area contributed by atoms with Crippen molar-refractivity contribution in [2.24, 2.45) is 5.73 Å². The molecular formula is C13H14F3N3. The summed E-state index contributed by atoms with van der Waals surface area (Å²) in [6, 6.07) is 4.92. The van der Waals surface area contributed by atoms with Crippen LogP contribution in [0.25, 0.3) is 11.0 Å². The average molecular weight is 269 g/mol. The Morgan fingerprint density at radius 1 is 1.16 bits per heavy atom. The Balaban J connectivity index is 2.11. The van der Waals surface area contributed by atoms with Crippen LogP contribution in [-0.2, 0) is 0 Å². The van der Waals surface area contributed by atoms with E-state index in [0.717, 1.165) is 5.56 Å². The predicted octanol–water partition coefficient (Wildman–Crippen LogP) is 3.36. The summed E-state index contributed by atoms with van der Waals surface area (Å²) < 4.78 is 36.3. The number of aromatic nitrogens is 2. The molecule has 1 heterocycles. The van der Waals surface area contributed by atoms with Gasteiger partial charge in [0.2, 0.25) is 0 Å². The predicted molar refractivity (Wildman–Crippen MR) is 66.4 cm³/mol. The minimum absolute atomic E-state index is 0.0152. The standard InChI is InChI=1S/C13H14F3N3/c14-13(15,16)6-2-4-10(17)9-3-1-5-11-12(9)19-8-7-18-11/h1,3,5,7-8,10H,2,4,6,17H2. The molecule has 2 N–H and O–H groups in total. The van der Waals surface area contributed by atoms with Crippen molar-refractivity contribution in [1.82, 2.24) is 9.97 Å². The lowest BCUT2D eigenvalue weighted by atomic mass is 10.00. The topological polar surface area (TPSA) is 51.8 Å². The van der Waals surface area contributed by atoms with Gasteiger partial charge < -0.3 is 5.73 Å². The Morgan fingerprint density at radius 2 is 1.89 bits per heavy atom. The third kappa shape index (κ3) is 3.64. The molecule has 0 saturated heterocycles. The second kappa shape index (κ2) is 5.52. The molecule has 102 valence electrons. The number of halogens is 3. The van der Waals surface area contributed by atoms with Crippen molar-refractivity contribution in [1.29, 1.82) is 0 Å². The van der Waals surface area contributed by atoms with Gasteiger partial charge in [0.25, 0.3) is 0 Å². The van der Waals surface area contributed by atoms with Gasteiger partial charge in [-0.05, 0) is 24.5 Å². The third-order valence-corrected chi connectivity index (χ3v) is 2.90. The summed E-state index contributed by atoms with van der Waals surface area (Å²) >= 11 is 0. The van der Waals surface area contributed by atoms with Crippen LogP contribution in [0.3, 0.4) is 0 Å². The monoisotopic (exact) mass is 269 g/mol. The molecule has 2 aromatic rings. The SMILES string of the molecule is NC(CCCC(F)(F)F)c1cccc2nccnc12. The van der Waals surface area contributed by atoms with Crippen LogP contribution < -0.4 is 5.73 Å².